The maximum atomic E-state index is 12.0. The van der Waals surface area contributed by atoms with Gasteiger partial charge in [0, 0.05) is 12.6 Å². The van der Waals surface area contributed by atoms with Crippen molar-refractivity contribution in [2.75, 3.05) is 6.54 Å². The third-order valence-corrected chi connectivity index (χ3v) is 5.82. The number of carboxylic acid groups (broad SMARTS) is 1. The number of fused-ring (bicyclic) bond motifs is 2. The first-order chi connectivity index (χ1) is 10.1. The molecule has 0 saturated heterocycles. The quantitative estimate of drug-likeness (QED) is 0.745. The molecule has 2 amide bonds. The molecule has 118 valence electrons. The second kappa shape index (κ2) is 6.24. The molecule has 2 bridgehead atoms. The van der Waals surface area contributed by atoms with Crippen molar-refractivity contribution in [3.63, 3.8) is 0 Å². The minimum Gasteiger partial charge on any atom is -0.481 e. The van der Waals surface area contributed by atoms with Gasteiger partial charge in [-0.1, -0.05) is 6.42 Å². The van der Waals surface area contributed by atoms with Crippen LogP contribution in [0.4, 0.5) is 4.79 Å². The minimum absolute atomic E-state index is 0.0726. The number of carboxylic acids is 1. The highest BCUT2D eigenvalue weighted by atomic mass is 16.4. The molecule has 0 aromatic heterocycles. The van der Waals surface area contributed by atoms with Gasteiger partial charge in [0.25, 0.3) is 0 Å². The molecule has 0 heterocycles. The number of aliphatic carboxylic acids is 1. The number of carbonyl (C=O) groups excluding carboxylic acids is 1. The van der Waals surface area contributed by atoms with E-state index in [0.717, 1.165) is 31.2 Å². The zero-order valence-corrected chi connectivity index (χ0v) is 12.5. The molecule has 0 aliphatic heterocycles. The number of amides is 2. The fraction of sp³-hybridized carbons (Fsp3) is 0.875. The highest BCUT2D eigenvalue weighted by molar-refractivity contribution is 5.74. The molecule has 3 rings (SSSR count). The van der Waals surface area contributed by atoms with Crippen LogP contribution < -0.4 is 10.6 Å². The number of hydrogen-bond donors (Lipinski definition) is 3. The molecular weight excluding hydrogens is 268 g/mol. The third kappa shape index (κ3) is 3.50. The maximum Gasteiger partial charge on any atom is 0.315 e. The Morgan fingerprint density at radius 2 is 1.76 bits per heavy atom. The van der Waals surface area contributed by atoms with Gasteiger partial charge < -0.3 is 15.7 Å². The van der Waals surface area contributed by atoms with Gasteiger partial charge in [-0.25, -0.2) is 4.79 Å². The Hall–Kier alpha value is -1.26. The van der Waals surface area contributed by atoms with Gasteiger partial charge in [0.15, 0.2) is 0 Å². The van der Waals surface area contributed by atoms with Gasteiger partial charge >= 0.3 is 12.0 Å². The number of hydrogen-bond acceptors (Lipinski definition) is 2. The lowest BCUT2D eigenvalue weighted by Gasteiger charge is -2.27. The van der Waals surface area contributed by atoms with E-state index in [1.54, 1.807) is 0 Å². The molecule has 3 aliphatic carbocycles. The predicted octanol–water partition coefficient (Wildman–Crippen LogP) is 2.37. The second-order valence-electron chi connectivity index (χ2n) is 7.18. The molecule has 3 atom stereocenters. The molecule has 3 saturated carbocycles. The Balaban J connectivity index is 1.34. The Morgan fingerprint density at radius 1 is 1.00 bits per heavy atom. The lowest BCUT2D eigenvalue weighted by atomic mass is 9.86. The molecule has 0 radical (unpaired) electrons. The average Bonchev–Trinajstić information content (AvgIpc) is 3.08. The lowest BCUT2D eigenvalue weighted by molar-refractivity contribution is -0.142. The van der Waals surface area contributed by atoms with Crippen molar-refractivity contribution in [3.8, 4) is 0 Å². The summed E-state index contributed by atoms with van der Waals surface area (Å²) in [5.41, 5.74) is 0. The van der Waals surface area contributed by atoms with E-state index in [2.05, 4.69) is 10.6 Å². The smallest absolute Gasteiger partial charge is 0.315 e. The van der Waals surface area contributed by atoms with Crippen molar-refractivity contribution in [2.45, 2.75) is 57.4 Å². The van der Waals surface area contributed by atoms with Crippen LogP contribution in [0, 0.1) is 23.7 Å². The summed E-state index contributed by atoms with van der Waals surface area (Å²) in [6, 6.07) is 0.0668. The van der Waals surface area contributed by atoms with E-state index in [0.29, 0.717) is 18.8 Å². The summed E-state index contributed by atoms with van der Waals surface area (Å²) in [6.07, 6.45) is 8.29. The Bertz CT molecular complexity index is 404. The molecule has 3 fully saturated rings. The molecule has 3 N–H and O–H groups in total. The van der Waals surface area contributed by atoms with Crippen LogP contribution in [0.5, 0.6) is 0 Å². The van der Waals surface area contributed by atoms with Crippen molar-refractivity contribution in [3.05, 3.63) is 0 Å². The molecule has 5 heteroatoms. The zero-order valence-electron chi connectivity index (χ0n) is 12.5. The highest BCUT2D eigenvalue weighted by Gasteiger charge is 2.39. The van der Waals surface area contributed by atoms with E-state index >= 15 is 0 Å². The van der Waals surface area contributed by atoms with Crippen LogP contribution in [-0.4, -0.2) is 29.7 Å². The topological polar surface area (TPSA) is 78.4 Å². The summed E-state index contributed by atoms with van der Waals surface area (Å²) < 4.78 is 0. The molecule has 21 heavy (non-hydrogen) atoms. The van der Waals surface area contributed by atoms with Gasteiger partial charge in [0.2, 0.25) is 0 Å². The lowest BCUT2D eigenvalue weighted by Crippen LogP contribution is -2.45. The number of nitrogens with one attached hydrogen (secondary N) is 2. The van der Waals surface area contributed by atoms with Gasteiger partial charge in [0.1, 0.15) is 0 Å². The molecule has 0 spiro atoms. The Morgan fingerprint density at radius 3 is 2.33 bits per heavy atom. The first-order valence-electron chi connectivity index (χ1n) is 8.39. The number of rotatable bonds is 4. The standard InChI is InChI=1S/C16H26N2O3/c19-15(20)11-3-5-14(6-4-11)18-16(21)17-9-13-8-10-1-2-12(13)7-10/h10-14H,1-9H2,(H,19,20)(H2,17,18,21). The van der Waals surface area contributed by atoms with E-state index < -0.39 is 5.97 Å². The van der Waals surface area contributed by atoms with Crippen LogP contribution in [0.15, 0.2) is 0 Å². The zero-order chi connectivity index (χ0) is 14.8. The fourth-order valence-electron chi connectivity index (χ4n) is 4.57. The molecular formula is C16H26N2O3. The predicted molar refractivity (Wildman–Crippen MR) is 78.9 cm³/mol. The minimum atomic E-state index is -0.700. The molecule has 3 aliphatic rings. The summed E-state index contributed by atoms with van der Waals surface area (Å²) in [5, 5.41) is 15.0. The normalized spacial score (nSPS) is 38.2. The number of urea groups is 1. The van der Waals surface area contributed by atoms with Crippen molar-refractivity contribution in [1.82, 2.24) is 10.6 Å². The van der Waals surface area contributed by atoms with Crippen molar-refractivity contribution >= 4 is 12.0 Å². The van der Waals surface area contributed by atoms with Crippen LogP contribution in [0.25, 0.3) is 0 Å². The van der Waals surface area contributed by atoms with Gasteiger partial charge in [-0.05, 0) is 62.7 Å². The van der Waals surface area contributed by atoms with E-state index in [-0.39, 0.29) is 18.0 Å². The largest absolute Gasteiger partial charge is 0.481 e. The summed E-state index contributed by atoms with van der Waals surface area (Å²) in [5.74, 6) is 1.50. The molecule has 5 nitrogen and oxygen atoms in total. The highest BCUT2D eigenvalue weighted by Crippen LogP contribution is 2.47. The van der Waals surface area contributed by atoms with Gasteiger partial charge in [-0.15, -0.1) is 0 Å². The van der Waals surface area contributed by atoms with Gasteiger partial charge in [-0.3, -0.25) is 4.79 Å². The van der Waals surface area contributed by atoms with Crippen molar-refractivity contribution < 1.29 is 14.7 Å². The van der Waals surface area contributed by atoms with Gasteiger partial charge in [0.05, 0.1) is 5.92 Å². The molecule has 0 aromatic rings. The summed E-state index contributed by atoms with van der Waals surface area (Å²) in [4.78, 5) is 22.8. The second-order valence-corrected chi connectivity index (χ2v) is 7.18. The first-order valence-corrected chi connectivity index (χ1v) is 8.39. The van der Waals surface area contributed by atoms with Crippen LogP contribution >= 0.6 is 0 Å². The third-order valence-electron chi connectivity index (χ3n) is 5.82. The first kappa shape index (κ1) is 14.7. The monoisotopic (exact) mass is 294 g/mol. The number of carbonyl (C=O) groups is 2. The fourth-order valence-corrected chi connectivity index (χ4v) is 4.57. The van der Waals surface area contributed by atoms with Crippen molar-refractivity contribution in [2.24, 2.45) is 23.7 Å². The van der Waals surface area contributed by atoms with Crippen LogP contribution in [-0.2, 0) is 4.79 Å². The van der Waals surface area contributed by atoms with Crippen LogP contribution in [0.2, 0.25) is 0 Å². The average molecular weight is 294 g/mol. The maximum absolute atomic E-state index is 12.0. The van der Waals surface area contributed by atoms with Crippen molar-refractivity contribution in [1.29, 1.82) is 0 Å². The van der Waals surface area contributed by atoms with E-state index in [9.17, 15) is 9.59 Å². The van der Waals surface area contributed by atoms with Gasteiger partial charge in [-0.2, -0.15) is 0 Å². The van der Waals surface area contributed by atoms with Crippen LogP contribution in [0.1, 0.15) is 51.4 Å². The Kier molecular flexibility index (Phi) is 4.36. The van der Waals surface area contributed by atoms with E-state index in [4.69, 9.17) is 5.11 Å². The van der Waals surface area contributed by atoms with Crippen LogP contribution in [0.3, 0.4) is 0 Å². The summed E-state index contributed by atoms with van der Waals surface area (Å²) in [6.45, 7) is 0.803. The van der Waals surface area contributed by atoms with E-state index in [1.807, 2.05) is 0 Å². The molecule has 3 unspecified atom stereocenters. The van der Waals surface area contributed by atoms with E-state index in [1.165, 1.54) is 25.7 Å². The molecule has 0 aromatic carbocycles. The summed E-state index contributed by atoms with van der Waals surface area (Å²) in [7, 11) is 0. The Labute approximate surface area is 125 Å². The summed E-state index contributed by atoms with van der Waals surface area (Å²) >= 11 is 0. The SMILES string of the molecule is O=C(NCC1CC2CCC1C2)NC1CCC(C(=O)O)CC1.